The predicted octanol–water partition coefficient (Wildman–Crippen LogP) is 0.926. The zero-order valence-corrected chi connectivity index (χ0v) is 11.1. The smallest absolute Gasteiger partial charge is 0.405 e. The van der Waals surface area contributed by atoms with Crippen molar-refractivity contribution in [3.05, 3.63) is 24.0 Å². The van der Waals surface area contributed by atoms with E-state index in [1.807, 2.05) is 0 Å². The number of anilines is 1. The monoisotopic (exact) mass is 330 g/mol. The number of benzene rings is 1. The Balaban J connectivity index is 3.22. The van der Waals surface area contributed by atoms with Crippen LogP contribution in [0.1, 0.15) is 0 Å². The lowest BCUT2D eigenvalue weighted by Crippen LogP contribution is -2.38. The first-order valence-electron chi connectivity index (χ1n) is 5.26. The largest absolute Gasteiger partial charge is 0.480 e. The van der Waals surface area contributed by atoms with Gasteiger partial charge in [0, 0.05) is 0 Å². The van der Waals surface area contributed by atoms with Gasteiger partial charge in [0.15, 0.2) is 0 Å². The molecule has 0 aromatic heterocycles. The molecule has 0 aliphatic heterocycles. The number of alkyl halides is 3. The molecule has 0 aliphatic rings. The van der Waals surface area contributed by atoms with Crippen molar-refractivity contribution in [3.63, 3.8) is 0 Å². The average Bonchev–Trinajstić information content (AvgIpc) is 2.23. The molecule has 0 radical (unpaired) electrons. The van der Waals surface area contributed by atoms with Crippen molar-refractivity contribution in [2.24, 2.45) is 5.14 Å². The Hall–Kier alpha value is -1.88. The Kier molecular flexibility index (Phi) is 4.79. The highest BCUT2D eigenvalue weighted by molar-refractivity contribution is 7.89. The lowest BCUT2D eigenvalue weighted by Gasteiger charge is -2.24. The topological polar surface area (TPSA) is 101 Å². The minimum absolute atomic E-state index is 0.227. The molecule has 1 aromatic carbocycles. The number of carboxylic acids is 1. The fraction of sp³-hybridized carbons (Fsp3) is 0.300. The first kappa shape index (κ1) is 17.2. The van der Waals surface area contributed by atoms with E-state index in [4.69, 9.17) is 10.2 Å². The molecular weight excluding hydrogens is 320 g/mol. The van der Waals surface area contributed by atoms with Crippen LogP contribution in [0.25, 0.3) is 0 Å². The second-order valence-corrected chi connectivity index (χ2v) is 5.58. The molecule has 0 saturated heterocycles. The van der Waals surface area contributed by atoms with E-state index < -0.39 is 51.7 Å². The van der Waals surface area contributed by atoms with E-state index >= 15 is 0 Å². The summed E-state index contributed by atoms with van der Waals surface area (Å²) in [6.07, 6.45) is -4.76. The zero-order valence-electron chi connectivity index (χ0n) is 10.3. The van der Waals surface area contributed by atoms with Crippen LogP contribution in [0.5, 0.6) is 0 Å². The molecule has 0 amide bonds. The van der Waals surface area contributed by atoms with E-state index in [9.17, 15) is 30.8 Å². The number of hydrogen-bond acceptors (Lipinski definition) is 4. The number of sulfonamides is 1. The maximum absolute atomic E-state index is 13.7. The molecule has 0 spiro atoms. The van der Waals surface area contributed by atoms with Gasteiger partial charge in [-0.15, -0.1) is 0 Å². The van der Waals surface area contributed by atoms with Crippen molar-refractivity contribution >= 4 is 21.7 Å². The maximum Gasteiger partial charge on any atom is 0.405 e. The molecule has 11 heteroatoms. The number of aliphatic carboxylic acids is 1. The minimum Gasteiger partial charge on any atom is -0.480 e. The third-order valence-electron chi connectivity index (χ3n) is 2.28. The molecular formula is C10H10F4N2O4S. The van der Waals surface area contributed by atoms with Gasteiger partial charge < -0.3 is 10.0 Å². The highest BCUT2D eigenvalue weighted by Crippen LogP contribution is 2.26. The van der Waals surface area contributed by atoms with Gasteiger partial charge in [-0.2, -0.15) is 13.2 Å². The van der Waals surface area contributed by atoms with Gasteiger partial charge in [-0.05, 0) is 18.2 Å². The predicted molar refractivity (Wildman–Crippen MR) is 63.7 cm³/mol. The van der Waals surface area contributed by atoms with Gasteiger partial charge in [-0.25, -0.2) is 17.9 Å². The van der Waals surface area contributed by atoms with Gasteiger partial charge in [0.05, 0.1) is 10.6 Å². The van der Waals surface area contributed by atoms with Crippen LogP contribution in [0, 0.1) is 5.82 Å². The van der Waals surface area contributed by atoms with E-state index in [2.05, 4.69) is 0 Å². The summed E-state index contributed by atoms with van der Waals surface area (Å²) >= 11 is 0. The van der Waals surface area contributed by atoms with Gasteiger partial charge in [0.1, 0.15) is 18.9 Å². The number of carbonyl (C=O) groups is 1. The zero-order chi connectivity index (χ0) is 16.4. The molecule has 0 unspecified atom stereocenters. The number of halogens is 4. The van der Waals surface area contributed by atoms with Crippen molar-refractivity contribution in [1.29, 1.82) is 0 Å². The number of nitrogens with two attached hydrogens (primary N) is 1. The van der Waals surface area contributed by atoms with Gasteiger partial charge in [-0.3, -0.25) is 4.79 Å². The fourth-order valence-corrected chi connectivity index (χ4v) is 2.05. The molecule has 0 heterocycles. The standard InChI is InChI=1S/C10H10F4N2O4S/c11-7-3-6(21(15,19)20)1-2-8(7)16(4-9(17)18)5-10(12,13)14/h1-3H,4-5H2,(H,17,18)(H2,15,19,20). The lowest BCUT2D eigenvalue weighted by molar-refractivity contribution is -0.136. The number of primary sulfonamides is 1. The highest BCUT2D eigenvalue weighted by Gasteiger charge is 2.33. The average molecular weight is 330 g/mol. The van der Waals surface area contributed by atoms with E-state index in [1.165, 1.54) is 0 Å². The summed E-state index contributed by atoms with van der Waals surface area (Å²) in [5.41, 5.74) is -0.692. The molecule has 6 nitrogen and oxygen atoms in total. The summed E-state index contributed by atoms with van der Waals surface area (Å²) in [5.74, 6) is -2.93. The van der Waals surface area contributed by atoms with Gasteiger partial charge in [0.2, 0.25) is 10.0 Å². The van der Waals surface area contributed by atoms with Crippen LogP contribution < -0.4 is 10.0 Å². The molecule has 1 rings (SSSR count). The van der Waals surface area contributed by atoms with Gasteiger partial charge in [0.25, 0.3) is 0 Å². The number of hydrogen-bond donors (Lipinski definition) is 2. The van der Waals surface area contributed by atoms with E-state index in [0.717, 1.165) is 12.1 Å². The van der Waals surface area contributed by atoms with Gasteiger partial charge >= 0.3 is 12.1 Å². The SMILES string of the molecule is NS(=O)(=O)c1ccc(N(CC(=O)O)CC(F)(F)F)c(F)c1. The molecule has 0 aliphatic carbocycles. The van der Waals surface area contributed by atoms with Crippen LogP contribution in [-0.2, 0) is 14.8 Å². The van der Waals surface area contributed by atoms with Crippen LogP contribution in [0.15, 0.2) is 23.1 Å². The Bertz CT molecular complexity index is 645. The van der Waals surface area contributed by atoms with Crippen molar-refractivity contribution in [2.45, 2.75) is 11.1 Å². The van der Waals surface area contributed by atoms with Crippen molar-refractivity contribution < 1.29 is 35.9 Å². The quantitative estimate of drug-likeness (QED) is 0.782. The van der Waals surface area contributed by atoms with Crippen LogP contribution in [0.4, 0.5) is 23.2 Å². The highest BCUT2D eigenvalue weighted by atomic mass is 32.2. The second-order valence-electron chi connectivity index (χ2n) is 4.02. The van der Waals surface area contributed by atoms with E-state index in [0.29, 0.717) is 6.07 Å². The minimum atomic E-state index is -4.76. The molecule has 0 bridgehead atoms. The van der Waals surface area contributed by atoms with Crippen molar-refractivity contribution in [2.75, 3.05) is 18.0 Å². The first-order valence-corrected chi connectivity index (χ1v) is 6.80. The Morgan fingerprint density at radius 1 is 1.33 bits per heavy atom. The van der Waals surface area contributed by atoms with Crippen molar-refractivity contribution in [3.8, 4) is 0 Å². The summed E-state index contributed by atoms with van der Waals surface area (Å²) in [5, 5.41) is 13.3. The number of nitrogens with zero attached hydrogens (tertiary/aromatic N) is 1. The number of rotatable bonds is 5. The third kappa shape index (κ3) is 5.19. The second kappa shape index (κ2) is 5.85. The van der Waals surface area contributed by atoms with Crippen LogP contribution >= 0.6 is 0 Å². The normalized spacial score (nSPS) is 12.2. The Morgan fingerprint density at radius 3 is 2.29 bits per heavy atom. The fourth-order valence-electron chi connectivity index (χ4n) is 1.53. The van der Waals surface area contributed by atoms with E-state index in [-0.39, 0.29) is 4.90 Å². The van der Waals surface area contributed by atoms with Crippen LogP contribution in [-0.4, -0.2) is 38.8 Å². The molecule has 0 fully saturated rings. The van der Waals surface area contributed by atoms with Crippen molar-refractivity contribution in [1.82, 2.24) is 0 Å². The Labute approximate surface area is 116 Å². The number of carboxylic acid groups (broad SMARTS) is 1. The molecule has 1 aromatic rings. The lowest BCUT2D eigenvalue weighted by atomic mass is 10.2. The molecule has 0 atom stereocenters. The maximum atomic E-state index is 13.7. The van der Waals surface area contributed by atoms with E-state index in [1.54, 1.807) is 0 Å². The third-order valence-corrected chi connectivity index (χ3v) is 3.20. The summed E-state index contributed by atoms with van der Waals surface area (Å²) in [7, 11) is -4.22. The summed E-state index contributed by atoms with van der Waals surface area (Å²) in [6, 6.07) is 1.94. The summed E-state index contributed by atoms with van der Waals surface area (Å²) in [6.45, 7) is -2.81. The van der Waals surface area contributed by atoms with Crippen LogP contribution in [0.3, 0.4) is 0 Å². The molecule has 0 saturated carbocycles. The van der Waals surface area contributed by atoms with Crippen LogP contribution in [0.2, 0.25) is 0 Å². The Morgan fingerprint density at radius 2 is 1.90 bits per heavy atom. The molecule has 21 heavy (non-hydrogen) atoms. The molecule has 3 N–H and O–H groups in total. The summed E-state index contributed by atoms with van der Waals surface area (Å²) in [4.78, 5) is 10.2. The summed E-state index contributed by atoms with van der Waals surface area (Å²) < 4.78 is 72.8. The van der Waals surface area contributed by atoms with Gasteiger partial charge in [-0.1, -0.05) is 0 Å². The first-order chi connectivity index (χ1) is 9.40. The molecule has 118 valence electrons.